The Kier molecular flexibility index (Phi) is 6.48. The Morgan fingerprint density at radius 2 is 1.76 bits per heavy atom. The highest BCUT2D eigenvalue weighted by Crippen LogP contribution is 2.34. The maximum Gasteiger partial charge on any atom is 0.0888 e. The van der Waals surface area contributed by atoms with E-state index in [9.17, 15) is 0 Å². The fourth-order valence-electron chi connectivity index (χ4n) is 4.00. The minimum absolute atomic E-state index is 0.584. The van der Waals surface area contributed by atoms with Gasteiger partial charge in [-0.05, 0) is 62.1 Å². The lowest BCUT2D eigenvalue weighted by molar-refractivity contribution is 0.420. The van der Waals surface area contributed by atoms with E-state index in [0.29, 0.717) is 16.0 Å². The Labute approximate surface area is 190 Å². The predicted octanol–water partition coefficient (Wildman–Crippen LogP) is 8.51. The van der Waals surface area contributed by atoms with Gasteiger partial charge in [0.2, 0.25) is 0 Å². The van der Waals surface area contributed by atoms with Crippen molar-refractivity contribution >= 4 is 45.2 Å². The van der Waals surface area contributed by atoms with E-state index >= 15 is 0 Å². The Bertz CT molecular complexity index is 1030. The van der Waals surface area contributed by atoms with Gasteiger partial charge in [0.15, 0.2) is 0 Å². The Morgan fingerprint density at radius 1 is 1.03 bits per heavy atom. The van der Waals surface area contributed by atoms with E-state index in [4.69, 9.17) is 28.3 Å². The summed E-state index contributed by atoms with van der Waals surface area (Å²) in [5.74, 6) is 0.656. The highest BCUT2D eigenvalue weighted by atomic mass is 79.9. The van der Waals surface area contributed by atoms with Crippen molar-refractivity contribution in [1.82, 2.24) is 9.78 Å². The average Bonchev–Trinajstić information content (AvgIpc) is 3.04. The number of nitrogens with zero attached hydrogens (tertiary/aromatic N) is 2. The van der Waals surface area contributed by atoms with Crippen molar-refractivity contribution in [2.24, 2.45) is 5.92 Å². The zero-order valence-corrected chi connectivity index (χ0v) is 19.4. The lowest BCUT2D eigenvalue weighted by Gasteiger charge is -2.17. The predicted molar refractivity (Wildman–Crippen MR) is 127 cm³/mol. The summed E-state index contributed by atoms with van der Waals surface area (Å²) in [6.07, 6.45) is 11.1. The molecule has 1 aromatic heterocycles. The molecular formula is C24H23BrCl2N2. The van der Waals surface area contributed by atoms with Crippen molar-refractivity contribution in [3.8, 4) is 16.9 Å². The molecule has 0 N–H and O–H groups in total. The van der Waals surface area contributed by atoms with Crippen LogP contribution in [0.1, 0.15) is 43.4 Å². The number of rotatable bonds is 4. The Balaban J connectivity index is 1.81. The molecule has 0 saturated heterocycles. The average molecular weight is 490 g/mol. The molecule has 2 aromatic carbocycles. The number of hydrogen-bond acceptors (Lipinski definition) is 1. The van der Waals surface area contributed by atoms with E-state index in [2.05, 4.69) is 47.1 Å². The summed E-state index contributed by atoms with van der Waals surface area (Å²) in [4.78, 5) is 0. The van der Waals surface area contributed by atoms with Crippen molar-refractivity contribution in [2.45, 2.75) is 39.0 Å². The van der Waals surface area contributed by atoms with E-state index in [-0.39, 0.29) is 0 Å². The van der Waals surface area contributed by atoms with Crippen molar-refractivity contribution in [3.05, 3.63) is 74.3 Å². The first kappa shape index (κ1) is 20.7. The van der Waals surface area contributed by atoms with Crippen molar-refractivity contribution in [2.75, 3.05) is 0 Å². The zero-order chi connectivity index (χ0) is 20.4. The van der Waals surface area contributed by atoms with Gasteiger partial charge in [-0.2, -0.15) is 5.10 Å². The third-order valence-corrected chi connectivity index (χ3v) is 6.66. The van der Waals surface area contributed by atoms with Gasteiger partial charge in [-0.25, -0.2) is 4.68 Å². The van der Waals surface area contributed by atoms with E-state index in [0.717, 1.165) is 32.7 Å². The minimum atomic E-state index is 0.584. The molecule has 0 aliphatic heterocycles. The molecule has 0 atom stereocenters. The first-order valence-corrected chi connectivity index (χ1v) is 11.6. The van der Waals surface area contributed by atoms with Gasteiger partial charge in [0.05, 0.1) is 22.1 Å². The van der Waals surface area contributed by atoms with Crippen molar-refractivity contribution < 1.29 is 0 Å². The van der Waals surface area contributed by atoms with Crippen molar-refractivity contribution in [3.63, 3.8) is 0 Å². The van der Waals surface area contributed by atoms with Crippen LogP contribution in [0, 0.1) is 12.8 Å². The second kappa shape index (κ2) is 9.07. The largest absolute Gasteiger partial charge is 0.231 e. The number of aromatic nitrogens is 2. The summed E-state index contributed by atoms with van der Waals surface area (Å²) in [6.45, 7) is 2.13. The molecule has 29 heavy (non-hydrogen) atoms. The topological polar surface area (TPSA) is 17.8 Å². The minimum Gasteiger partial charge on any atom is -0.231 e. The summed E-state index contributed by atoms with van der Waals surface area (Å²) < 4.78 is 2.99. The molecule has 5 heteroatoms. The standard InChI is InChI=1S/C24H23BrCl2N2/c1-16-22(13-7-17-5-3-2-4-6-17)28-29(23-14-12-20(26)15-21(23)27)24(16)18-8-10-19(25)11-9-18/h7-15,17H,2-6H2,1H3. The molecule has 1 aliphatic rings. The molecule has 3 aromatic rings. The van der Waals surface area contributed by atoms with Gasteiger partial charge in [-0.3, -0.25) is 0 Å². The molecule has 2 nitrogen and oxygen atoms in total. The van der Waals surface area contributed by atoms with Crippen LogP contribution in [0.5, 0.6) is 0 Å². The molecule has 0 radical (unpaired) electrons. The molecule has 4 rings (SSSR count). The second-order valence-corrected chi connectivity index (χ2v) is 9.39. The van der Waals surface area contributed by atoms with Crippen LogP contribution >= 0.6 is 39.1 Å². The molecule has 0 unspecified atom stereocenters. The number of hydrogen-bond donors (Lipinski definition) is 0. The highest BCUT2D eigenvalue weighted by Gasteiger charge is 2.18. The maximum absolute atomic E-state index is 6.54. The second-order valence-electron chi connectivity index (χ2n) is 7.63. The number of halogens is 3. The smallest absolute Gasteiger partial charge is 0.0888 e. The maximum atomic E-state index is 6.54. The van der Waals surface area contributed by atoms with Gasteiger partial charge < -0.3 is 0 Å². The third-order valence-electron chi connectivity index (χ3n) is 5.59. The monoisotopic (exact) mass is 488 g/mol. The Hall–Kier alpha value is -1.55. The fourth-order valence-corrected chi connectivity index (χ4v) is 4.75. The molecule has 0 amide bonds. The molecule has 1 aliphatic carbocycles. The third kappa shape index (κ3) is 4.63. The van der Waals surface area contributed by atoms with Crippen molar-refractivity contribution in [1.29, 1.82) is 0 Å². The van der Waals surface area contributed by atoms with Crippen LogP contribution in [-0.2, 0) is 0 Å². The van der Waals surface area contributed by atoms with Crippen LogP contribution in [0.3, 0.4) is 0 Å². The molecule has 0 spiro atoms. The van der Waals surface area contributed by atoms with E-state index in [1.54, 1.807) is 6.07 Å². The van der Waals surface area contributed by atoms with Gasteiger partial charge in [0, 0.05) is 20.6 Å². The lowest BCUT2D eigenvalue weighted by Crippen LogP contribution is -2.02. The zero-order valence-electron chi connectivity index (χ0n) is 16.3. The fraction of sp³-hybridized carbons (Fsp3) is 0.292. The van der Waals surface area contributed by atoms with E-state index in [1.165, 1.54) is 32.1 Å². The quantitative estimate of drug-likeness (QED) is 0.359. The highest BCUT2D eigenvalue weighted by molar-refractivity contribution is 9.10. The molecular weight excluding hydrogens is 467 g/mol. The van der Waals surface area contributed by atoms with Crippen LogP contribution in [0.25, 0.3) is 23.0 Å². The number of benzene rings is 2. The van der Waals surface area contributed by atoms with E-state index in [1.807, 2.05) is 28.9 Å². The molecule has 1 saturated carbocycles. The normalized spacial score (nSPS) is 15.3. The van der Waals surface area contributed by atoms with Crippen LogP contribution in [0.2, 0.25) is 10.0 Å². The lowest BCUT2D eigenvalue weighted by atomic mass is 9.89. The summed E-state index contributed by atoms with van der Waals surface area (Å²) in [6, 6.07) is 13.8. The van der Waals surface area contributed by atoms with Crippen LogP contribution in [-0.4, -0.2) is 9.78 Å². The molecule has 0 bridgehead atoms. The summed E-state index contributed by atoms with van der Waals surface area (Å²) in [7, 11) is 0. The first-order chi connectivity index (χ1) is 14.0. The van der Waals surface area contributed by atoms with Crippen LogP contribution in [0.15, 0.2) is 53.0 Å². The Morgan fingerprint density at radius 3 is 2.45 bits per heavy atom. The molecule has 150 valence electrons. The summed E-state index contributed by atoms with van der Waals surface area (Å²) in [5.41, 5.74) is 5.10. The molecule has 1 heterocycles. The van der Waals surface area contributed by atoms with Crippen LogP contribution in [0.4, 0.5) is 0 Å². The first-order valence-electron chi connectivity index (χ1n) is 10.0. The summed E-state index contributed by atoms with van der Waals surface area (Å²) in [5, 5.41) is 6.14. The van der Waals surface area contributed by atoms with Gasteiger partial charge in [0.1, 0.15) is 0 Å². The SMILES string of the molecule is Cc1c(C=CC2CCCCC2)nn(-c2ccc(Cl)cc2Cl)c1-c1ccc(Br)cc1. The summed E-state index contributed by atoms with van der Waals surface area (Å²) >= 11 is 16.2. The van der Waals surface area contributed by atoms with Gasteiger partial charge in [-0.1, -0.05) is 76.6 Å². The van der Waals surface area contributed by atoms with E-state index < -0.39 is 0 Å². The van der Waals surface area contributed by atoms with Crippen LogP contribution < -0.4 is 0 Å². The number of allylic oxidation sites excluding steroid dienone is 1. The van der Waals surface area contributed by atoms with Gasteiger partial charge >= 0.3 is 0 Å². The molecule has 1 fully saturated rings. The van der Waals surface area contributed by atoms with Gasteiger partial charge in [-0.15, -0.1) is 0 Å². The van der Waals surface area contributed by atoms with Gasteiger partial charge in [0.25, 0.3) is 0 Å².